The molecule has 6 atom stereocenters. The molecule has 14 N–H and O–H groups in total. The Balaban J connectivity index is 2.93. The predicted octanol–water partition coefficient (Wildman–Crippen LogP) is -3.76. The minimum absolute atomic E-state index is 0.0714. The van der Waals surface area contributed by atoms with Crippen LogP contribution in [0, 0.1) is 0 Å². The van der Waals surface area contributed by atoms with Gasteiger partial charge in [-0.3, -0.25) is 33.8 Å². The summed E-state index contributed by atoms with van der Waals surface area (Å²) in [5.74, 6) is -6.98. The maximum Gasteiger partial charge on any atom is 0.326 e. The van der Waals surface area contributed by atoms with Crippen molar-refractivity contribution >= 4 is 72.7 Å². The summed E-state index contributed by atoms with van der Waals surface area (Å²) in [6, 6.07) is -7.14. The summed E-state index contributed by atoms with van der Waals surface area (Å²) in [6.45, 7) is 0.887. The van der Waals surface area contributed by atoms with Crippen molar-refractivity contribution in [2.24, 2.45) is 27.9 Å². The molecule has 0 aromatic carbocycles. The SMILES string of the molecule is NCCCCC(N)C(=O)N1CCCC1C(=O)NC(CS)C(=O)NC(CS)C(=O)NC(CCC(=O)O)C(=O)NC(CCCN=C(N)N)C(=O)O. The van der Waals surface area contributed by atoms with Crippen molar-refractivity contribution in [1.29, 1.82) is 0 Å². The number of thiol groups is 2. The average Bonchev–Trinajstić information content (AvgIpc) is 3.55. The van der Waals surface area contributed by atoms with Gasteiger partial charge in [0.25, 0.3) is 0 Å². The largest absolute Gasteiger partial charge is 0.481 e. The van der Waals surface area contributed by atoms with E-state index in [1.807, 2.05) is 0 Å². The second kappa shape index (κ2) is 22.7. The molecule has 0 saturated carbocycles. The molecule has 19 nitrogen and oxygen atoms in total. The predicted molar refractivity (Wildman–Crippen MR) is 185 cm³/mol. The number of rotatable bonds is 23. The first kappa shape index (κ1) is 43.2. The van der Waals surface area contributed by atoms with Gasteiger partial charge in [0.15, 0.2) is 5.96 Å². The Morgan fingerprint density at radius 3 is 1.92 bits per heavy atom. The van der Waals surface area contributed by atoms with E-state index < -0.39 is 84.7 Å². The number of unbranched alkanes of at least 4 members (excludes halogenated alkanes) is 1. The monoisotopic (exact) mass is 734 g/mol. The number of aliphatic imine (C=N–C) groups is 1. The number of carbonyl (C=O) groups excluding carboxylic acids is 5. The van der Waals surface area contributed by atoms with Crippen molar-refractivity contribution in [3.63, 3.8) is 0 Å². The fraction of sp³-hybridized carbons (Fsp3) is 0.714. The number of amides is 5. The van der Waals surface area contributed by atoms with E-state index in [0.29, 0.717) is 45.2 Å². The molecule has 1 rings (SSSR count). The zero-order chi connectivity index (χ0) is 37.1. The van der Waals surface area contributed by atoms with Gasteiger partial charge in [-0.2, -0.15) is 25.3 Å². The molecule has 1 fully saturated rings. The van der Waals surface area contributed by atoms with Crippen molar-refractivity contribution in [1.82, 2.24) is 26.2 Å². The van der Waals surface area contributed by atoms with Gasteiger partial charge in [-0.05, 0) is 51.5 Å². The standard InChI is InChI=1S/C28H50N10O9S2/c29-10-2-1-5-15(30)26(45)38-12-4-7-20(38)25(44)37-19(14-49)24(43)36-18(13-48)23(42)34-16(8-9-21(39)40)22(41)35-17(27(46)47)6-3-11-33-28(31)32/h15-20,48-49H,1-14,29-30H2,(H,34,42)(H,35,41)(H,36,43)(H,37,44)(H,39,40)(H,46,47)(H4,31,32,33). The van der Waals surface area contributed by atoms with E-state index in [2.05, 4.69) is 51.5 Å². The van der Waals surface area contributed by atoms with Crippen LogP contribution in [0.15, 0.2) is 4.99 Å². The lowest BCUT2D eigenvalue weighted by molar-refractivity contribution is -0.143. The van der Waals surface area contributed by atoms with Crippen molar-refractivity contribution in [3.8, 4) is 0 Å². The Labute approximate surface area is 295 Å². The highest BCUT2D eigenvalue weighted by Crippen LogP contribution is 2.19. The molecule has 21 heteroatoms. The van der Waals surface area contributed by atoms with Gasteiger partial charge in [0.1, 0.15) is 30.2 Å². The van der Waals surface area contributed by atoms with Gasteiger partial charge < -0.3 is 59.3 Å². The summed E-state index contributed by atoms with van der Waals surface area (Å²) < 4.78 is 0. The Kier molecular flexibility index (Phi) is 20.1. The lowest BCUT2D eigenvalue weighted by Gasteiger charge is -2.28. The molecular formula is C28H50N10O9S2. The molecule has 1 heterocycles. The quantitative estimate of drug-likeness (QED) is 0.0208. The van der Waals surface area contributed by atoms with E-state index in [9.17, 15) is 38.7 Å². The Hall–Kier alpha value is -3.82. The molecule has 0 bridgehead atoms. The summed E-state index contributed by atoms with van der Waals surface area (Å²) in [5.41, 5.74) is 22.1. The molecule has 5 amide bonds. The summed E-state index contributed by atoms with van der Waals surface area (Å²) >= 11 is 8.26. The zero-order valence-corrected chi connectivity index (χ0v) is 29.0. The van der Waals surface area contributed by atoms with E-state index in [4.69, 9.17) is 28.0 Å². The van der Waals surface area contributed by atoms with Crippen molar-refractivity contribution < 1.29 is 43.8 Å². The van der Waals surface area contributed by atoms with Gasteiger partial charge >= 0.3 is 11.9 Å². The molecule has 0 aromatic rings. The molecule has 6 unspecified atom stereocenters. The summed E-state index contributed by atoms with van der Waals surface area (Å²) in [6.07, 6.45) is 1.86. The average molecular weight is 735 g/mol. The second-order valence-electron chi connectivity index (χ2n) is 11.4. The molecule has 278 valence electrons. The van der Waals surface area contributed by atoms with Crippen LogP contribution in [0.5, 0.6) is 0 Å². The van der Waals surface area contributed by atoms with Gasteiger partial charge in [-0.15, -0.1) is 0 Å². The Morgan fingerprint density at radius 1 is 0.796 bits per heavy atom. The van der Waals surface area contributed by atoms with Crippen LogP contribution in [0.25, 0.3) is 0 Å². The number of carboxylic acids is 2. The van der Waals surface area contributed by atoms with Gasteiger partial charge in [-0.25, -0.2) is 4.79 Å². The number of nitrogens with one attached hydrogen (secondary N) is 4. The number of aliphatic carboxylic acids is 2. The topological polar surface area (TPSA) is 328 Å². The number of carbonyl (C=O) groups is 7. The highest BCUT2D eigenvalue weighted by molar-refractivity contribution is 7.80. The lowest BCUT2D eigenvalue weighted by Crippen LogP contribution is -2.60. The molecule has 0 aliphatic carbocycles. The number of nitrogens with two attached hydrogens (primary N) is 4. The molecule has 0 radical (unpaired) electrons. The number of likely N-dealkylation sites (tertiary alicyclic amines) is 1. The Morgan fingerprint density at radius 2 is 1.37 bits per heavy atom. The minimum Gasteiger partial charge on any atom is -0.481 e. The number of hydrogen-bond acceptors (Lipinski definition) is 12. The van der Waals surface area contributed by atoms with Crippen LogP contribution in [0.4, 0.5) is 0 Å². The van der Waals surface area contributed by atoms with E-state index in [0.717, 1.165) is 0 Å². The van der Waals surface area contributed by atoms with E-state index >= 15 is 0 Å². The summed E-state index contributed by atoms with van der Waals surface area (Å²) in [7, 11) is 0. The first-order valence-electron chi connectivity index (χ1n) is 15.9. The summed E-state index contributed by atoms with van der Waals surface area (Å²) in [4.78, 5) is 93.5. The lowest BCUT2D eigenvalue weighted by atomic mass is 10.1. The molecule has 0 aromatic heterocycles. The third-order valence-electron chi connectivity index (χ3n) is 7.60. The molecule has 1 aliphatic heterocycles. The molecule has 49 heavy (non-hydrogen) atoms. The van der Waals surface area contributed by atoms with Crippen LogP contribution in [-0.2, 0) is 33.6 Å². The second-order valence-corrected chi connectivity index (χ2v) is 12.1. The van der Waals surface area contributed by atoms with Crippen molar-refractivity contribution in [2.75, 3.05) is 31.1 Å². The van der Waals surface area contributed by atoms with E-state index in [1.54, 1.807) is 0 Å². The van der Waals surface area contributed by atoms with Gasteiger partial charge in [0, 0.05) is 31.0 Å². The van der Waals surface area contributed by atoms with Crippen molar-refractivity contribution in [2.45, 2.75) is 94.0 Å². The third kappa shape index (κ3) is 15.5. The number of guanidine groups is 1. The van der Waals surface area contributed by atoms with Crippen LogP contribution in [-0.4, -0.2) is 130 Å². The molecular weight excluding hydrogens is 685 g/mol. The van der Waals surface area contributed by atoms with E-state index in [-0.39, 0.29) is 42.8 Å². The van der Waals surface area contributed by atoms with Crippen LogP contribution < -0.4 is 44.2 Å². The van der Waals surface area contributed by atoms with Crippen molar-refractivity contribution in [3.05, 3.63) is 0 Å². The molecule has 1 aliphatic rings. The first-order chi connectivity index (χ1) is 23.2. The third-order valence-corrected chi connectivity index (χ3v) is 8.33. The molecule has 0 spiro atoms. The number of carboxylic acid groups (broad SMARTS) is 2. The maximum absolute atomic E-state index is 13.2. The zero-order valence-electron chi connectivity index (χ0n) is 27.2. The first-order valence-corrected chi connectivity index (χ1v) is 17.1. The smallest absolute Gasteiger partial charge is 0.326 e. The van der Waals surface area contributed by atoms with Crippen LogP contribution in [0.1, 0.15) is 57.8 Å². The van der Waals surface area contributed by atoms with Crippen LogP contribution in [0.2, 0.25) is 0 Å². The fourth-order valence-corrected chi connectivity index (χ4v) is 5.43. The van der Waals surface area contributed by atoms with Gasteiger partial charge in [0.05, 0.1) is 6.04 Å². The highest BCUT2D eigenvalue weighted by atomic mass is 32.1. The minimum atomic E-state index is -1.49. The normalized spacial score (nSPS) is 17.1. The van der Waals surface area contributed by atoms with Crippen LogP contribution >= 0.6 is 25.3 Å². The Bertz CT molecular complexity index is 1190. The maximum atomic E-state index is 13.2. The summed E-state index contributed by atoms with van der Waals surface area (Å²) in [5, 5.41) is 28.3. The van der Waals surface area contributed by atoms with Gasteiger partial charge in [0.2, 0.25) is 29.5 Å². The number of hydrogen-bond donors (Lipinski definition) is 12. The van der Waals surface area contributed by atoms with Gasteiger partial charge in [-0.1, -0.05) is 6.42 Å². The fourth-order valence-electron chi connectivity index (χ4n) is 4.92. The van der Waals surface area contributed by atoms with Crippen LogP contribution in [0.3, 0.4) is 0 Å². The highest BCUT2D eigenvalue weighted by Gasteiger charge is 2.38. The molecule has 1 saturated heterocycles. The number of nitrogens with zero attached hydrogens (tertiary/aromatic N) is 2. The van der Waals surface area contributed by atoms with E-state index in [1.165, 1.54) is 4.90 Å².